The first-order valence-corrected chi connectivity index (χ1v) is 6.22. The van der Waals surface area contributed by atoms with Gasteiger partial charge in [-0.05, 0) is 30.3 Å². The van der Waals surface area contributed by atoms with Crippen LogP contribution in [-0.2, 0) is 0 Å². The van der Waals surface area contributed by atoms with Crippen molar-refractivity contribution in [2.24, 2.45) is 0 Å². The fraction of sp³-hybridized carbons (Fsp3) is 0. The minimum atomic E-state index is -1.29. The summed E-state index contributed by atoms with van der Waals surface area (Å²) < 4.78 is 6.19. The summed E-state index contributed by atoms with van der Waals surface area (Å²) in [5, 5.41) is 20.0. The normalized spacial score (nSPS) is 10.1. The van der Waals surface area contributed by atoms with Crippen LogP contribution in [0.2, 0.25) is 0 Å². The summed E-state index contributed by atoms with van der Waals surface area (Å²) in [6, 6.07) is 10.3. The molecule has 0 radical (unpaired) electrons. The molecular formula is C13H8BrNO5. The maximum absolute atomic E-state index is 11.1. The van der Waals surface area contributed by atoms with E-state index in [1.165, 1.54) is 18.2 Å². The van der Waals surface area contributed by atoms with E-state index in [-0.39, 0.29) is 11.3 Å². The van der Waals surface area contributed by atoms with Gasteiger partial charge in [0, 0.05) is 10.5 Å². The standard InChI is InChI=1S/C13H8BrNO5/c14-8-4-6-9(7-5-8)20-12-10(13(16)17)2-1-3-11(12)15(18)19/h1-7H,(H,16,17). The second kappa shape index (κ2) is 5.70. The van der Waals surface area contributed by atoms with Crippen LogP contribution in [0.1, 0.15) is 10.4 Å². The van der Waals surface area contributed by atoms with Gasteiger partial charge in [0.15, 0.2) is 0 Å². The second-order valence-electron chi connectivity index (χ2n) is 3.77. The first-order chi connectivity index (χ1) is 9.49. The number of carbonyl (C=O) groups is 1. The molecule has 0 amide bonds. The van der Waals surface area contributed by atoms with E-state index in [1.807, 2.05) is 0 Å². The Kier molecular flexibility index (Phi) is 3.99. The number of aromatic carboxylic acids is 1. The summed E-state index contributed by atoms with van der Waals surface area (Å²) in [7, 11) is 0. The largest absolute Gasteiger partial charge is 0.478 e. The Labute approximate surface area is 121 Å². The van der Waals surface area contributed by atoms with Crippen molar-refractivity contribution in [3.8, 4) is 11.5 Å². The minimum Gasteiger partial charge on any atom is -0.478 e. The summed E-state index contributed by atoms with van der Waals surface area (Å²) in [6.07, 6.45) is 0. The summed E-state index contributed by atoms with van der Waals surface area (Å²) >= 11 is 3.25. The van der Waals surface area contributed by atoms with Crippen molar-refractivity contribution < 1.29 is 19.6 Å². The van der Waals surface area contributed by atoms with Crippen LogP contribution in [0.3, 0.4) is 0 Å². The number of hydrogen-bond acceptors (Lipinski definition) is 4. The molecule has 7 heteroatoms. The van der Waals surface area contributed by atoms with Gasteiger partial charge in [0.2, 0.25) is 5.75 Å². The van der Waals surface area contributed by atoms with Crippen molar-refractivity contribution in [3.63, 3.8) is 0 Å². The zero-order valence-corrected chi connectivity index (χ0v) is 11.5. The first-order valence-electron chi connectivity index (χ1n) is 5.43. The molecular weight excluding hydrogens is 330 g/mol. The van der Waals surface area contributed by atoms with Crippen molar-refractivity contribution >= 4 is 27.6 Å². The number of benzene rings is 2. The predicted molar refractivity (Wildman–Crippen MR) is 74.3 cm³/mol. The molecule has 20 heavy (non-hydrogen) atoms. The maximum atomic E-state index is 11.1. The van der Waals surface area contributed by atoms with E-state index < -0.39 is 16.6 Å². The van der Waals surface area contributed by atoms with Crippen molar-refractivity contribution in [2.45, 2.75) is 0 Å². The van der Waals surface area contributed by atoms with E-state index in [0.717, 1.165) is 4.47 Å². The van der Waals surface area contributed by atoms with Gasteiger partial charge in [0.1, 0.15) is 11.3 Å². The molecule has 0 saturated carbocycles. The lowest BCUT2D eigenvalue weighted by molar-refractivity contribution is -0.385. The van der Waals surface area contributed by atoms with Gasteiger partial charge in [-0.2, -0.15) is 0 Å². The molecule has 0 unspecified atom stereocenters. The number of nitro groups is 1. The van der Waals surface area contributed by atoms with Crippen LogP contribution in [-0.4, -0.2) is 16.0 Å². The second-order valence-corrected chi connectivity index (χ2v) is 4.69. The highest BCUT2D eigenvalue weighted by Crippen LogP contribution is 2.35. The molecule has 0 saturated heterocycles. The molecule has 0 fully saturated rings. The van der Waals surface area contributed by atoms with Gasteiger partial charge in [-0.1, -0.05) is 22.0 Å². The molecule has 0 spiro atoms. The minimum absolute atomic E-state index is 0.262. The number of rotatable bonds is 4. The predicted octanol–water partition coefficient (Wildman–Crippen LogP) is 3.85. The number of para-hydroxylation sites is 1. The highest BCUT2D eigenvalue weighted by atomic mass is 79.9. The van der Waals surface area contributed by atoms with E-state index in [9.17, 15) is 14.9 Å². The third-order valence-electron chi connectivity index (χ3n) is 2.45. The molecule has 0 aliphatic heterocycles. The molecule has 0 aliphatic rings. The lowest BCUT2D eigenvalue weighted by Crippen LogP contribution is -2.03. The Morgan fingerprint density at radius 1 is 1.20 bits per heavy atom. The number of ether oxygens (including phenoxy) is 1. The third-order valence-corrected chi connectivity index (χ3v) is 2.98. The van der Waals surface area contributed by atoms with E-state index in [0.29, 0.717) is 5.75 Å². The van der Waals surface area contributed by atoms with Gasteiger partial charge >= 0.3 is 11.7 Å². The Balaban J connectivity index is 2.50. The zero-order valence-electron chi connectivity index (χ0n) is 9.95. The van der Waals surface area contributed by atoms with E-state index >= 15 is 0 Å². The summed E-state index contributed by atoms with van der Waals surface area (Å²) in [5.74, 6) is -1.27. The highest BCUT2D eigenvalue weighted by molar-refractivity contribution is 9.10. The number of hydrogen-bond donors (Lipinski definition) is 1. The number of nitrogens with zero attached hydrogens (tertiary/aromatic N) is 1. The number of halogens is 1. The average Bonchev–Trinajstić information content (AvgIpc) is 2.41. The highest BCUT2D eigenvalue weighted by Gasteiger charge is 2.23. The average molecular weight is 338 g/mol. The third kappa shape index (κ3) is 2.94. The number of carboxylic acid groups (broad SMARTS) is 1. The molecule has 6 nitrogen and oxygen atoms in total. The summed E-state index contributed by atoms with van der Waals surface area (Å²) in [4.78, 5) is 21.4. The SMILES string of the molecule is O=C(O)c1cccc([N+](=O)[O-])c1Oc1ccc(Br)cc1. The van der Waals surface area contributed by atoms with Crippen molar-refractivity contribution in [2.75, 3.05) is 0 Å². The Hall–Kier alpha value is -2.41. The van der Waals surface area contributed by atoms with Crippen LogP contribution in [0.4, 0.5) is 5.69 Å². The van der Waals surface area contributed by atoms with Crippen LogP contribution < -0.4 is 4.74 Å². The molecule has 102 valence electrons. The Morgan fingerprint density at radius 3 is 2.40 bits per heavy atom. The van der Waals surface area contributed by atoms with Gasteiger partial charge in [0.05, 0.1) is 4.92 Å². The van der Waals surface area contributed by atoms with Gasteiger partial charge in [-0.15, -0.1) is 0 Å². The van der Waals surface area contributed by atoms with Crippen LogP contribution in [0.15, 0.2) is 46.9 Å². The van der Waals surface area contributed by atoms with Crippen LogP contribution in [0.5, 0.6) is 11.5 Å². The fourth-order valence-corrected chi connectivity index (χ4v) is 1.83. The topological polar surface area (TPSA) is 89.7 Å². The van der Waals surface area contributed by atoms with Crippen molar-refractivity contribution in [1.82, 2.24) is 0 Å². The number of carboxylic acids is 1. The molecule has 2 aromatic rings. The van der Waals surface area contributed by atoms with Crippen molar-refractivity contribution in [1.29, 1.82) is 0 Å². The maximum Gasteiger partial charge on any atom is 0.339 e. The van der Waals surface area contributed by atoms with E-state index in [1.54, 1.807) is 24.3 Å². The summed E-state index contributed by atoms with van der Waals surface area (Å²) in [6.45, 7) is 0. The molecule has 2 rings (SSSR count). The van der Waals surface area contributed by atoms with Gasteiger partial charge < -0.3 is 9.84 Å². The molecule has 0 atom stereocenters. The lowest BCUT2D eigenvalue weighted by Gasteiger charge is -2.09. The van der Waals surface area contributed by atoms with Crippen molar-refractivity contribution in [3.05, 3.63) is 62.6 Å². The lowest BCUT2D eigenvalue weighted by atomic mass is 10.1. The summed E-state index contributed by atoms with van der Waals surface area (Å²) in [5.41, 5.74) is -0.657. The van der Waals surface area contributed by atoms with E-state index in [2.05, 4.69) is 15.9 Å². The molecule has 0 heterocycles. The molecule has 2 aromatic carbocycles. The number of nitro benzene ring substituents is 1. The molecule has 0 bridgehead atoms. The Bertz CT molecular complexity index is 637. The fourth-order valence-electron chi connectivity index (χ4n) is 1.56. The van der Waals surface area contributed by atoms with Crippen LogP contribution in [0.25, 0.3) is 0 Å². The van der Waals surface area contributed by atoms with E-state index in [4.69, 9.17) is 9.84 Å². The quantitative estimate of drug-likeness (QED) is 0.676. The van der Waals surface area contributed by atoms with Gasteiger partial charge in [-0.3, -0.25) is 10.1 Å². The zero-order chi connectivity index (χ0) is 14.7. The van der Waals surface area contributed by atoms with Gasteiger partial charge in [0.25, 0.3) is 0 Å². The van der Waals surface area contributed by atoms with Crippen LogP contribution in [0, 0.1) is 10.1 Å². The van der Waals surface area contributed by atoms with Crippen LogP contribution >= 0.6 is 15.9 Å². The molecule has 0 aromatic heterocycles. The molecule has 0 aliphatic carbocycles. The molecule has 1 N–H and O–H groups in total. The van der Waals surface area contributed by atoms with Gasteiger partial charge in [-0.25, -0.2) is 4.79 Å². The monoisotopic (exact) mass is 337 g/mol. The Morgan fingerprint density at radius 2 is 1.85 bits per heavy atom. The first kappa shape index (κ1) is 14.0. The smallest absolute Gasteiger partial charge is 0.339 e.